The fourth-order valence-corrected chi connectivity index (χ4v) is 5.57. The van der Waals surface area contributed by atoms with E-state index in [0.717, 1.165) is 46.9 Å². The van der Waals surface area contributed by atoms with Crippen molar-refractivity contribution in [2.45, 2.75) is 46.6 Å². The second kappa shape index (κ2) is 10.4. The molecule has 4 rings (SSSR count). The first-order valence-corrected chi connectivity index (χ1v) is 12.5. The lowest BCUT2D eigenvalue weighted by Crippen LogP contribution is -2.28. The number of carbonyl (C=O) groups is 1. The van der Waals surface area contributed by atoms with Crippen LogP contribution in [0.1, 0.15) is 59.3 Å². The number of aliphatic imine (C=N–C) groups is 1. The zero-order valence-corrected chi connectivity index (χ0v) is 20.9. The molecule has 1 aliphatic rings. The lowest BCUT2D eigenvalue weighted by atomic mass is 9.72. The number of nitrogens with one attached hydrogen (secondary N) is 1. The highest BCUT2D eigenvalue weighted by molar-refractivity contribution is 7.16. The van der Waals surface area contributed by atoms with Crippen molar-refractivity contribution < 1.29 is 13.9 Å². The van der Waals surface area contributed by atoms with Crippen molar-refractivity contribution in [1.82, 2.24) is 5.32 Å². The maximum atomic E-state index is 13.3. The lowest BCUT2D eigenvalue weighted by molar-refractivity contribution is 0.0947. The first kappa shape index (κ1) is 24.0. The van der Waals surface area contributed by atoms with Crippen LogP contribution in [0.2, 0.25) is 0 Å². The molecule has 2 heterocycles. The second-order valence-electron chi connectivity index (χ2n) is 9.65. The summed E-state index contributed by atoms with van der Waals surface area (Å²) in [6, 6.07) is 11.4. The third-order valence-electron chi connectivity index (χ3n) is 6.30. The summed E-state index contributed by atoms with van der Waals surface area (Å²) in [4.78, 5) is 19.4. The van der Waals surface area contributed by atoms with Gasteiger partial charge in [-0.3, -0.25) is 4.79 Å². The molecule has 178 valence electrons. The number of amides is 1. The standard InChI is InChI=1S/C28H32N2O3S/c1-5-14-33-23-11-7-6-9-19(23)17-30-27-25(26(31)29-18-21-10-8-15-32-21)22-13-12-20(28(2,3)4)16-24(22)34-27/h5-11,15,17,20H,1,12-14,16,18H2,2-4H3,(H,29,31)/t20-/m0/s1. The number of benzene rings is 1. The minimum atomic E-state index is -0.105. The number of para-hydroxylation sites is 1. The SMILES string of the molecule is C=CCOc1ccccc1C=Nc1sc2c(c1C(=O)NCc1ccco1)CC[C@H](C(C)(C)C)C2. The minimum Gasteiger partial charge on any atom is -0.489 e. The van der Waals surface area contributed by atoms with Gasteiger partial charge in [-0.05, 0) is 60.4 Å². The molecule has 0 fully saturated rings. The predicted molar refractivity (Wildman–Crippen MR) is 139 cm³/mol. The molecule has 1 amide bonds. The van der Waals surface area contributed by atoms with Gasteiger partial charge in [0.15, 0.2) is 0 Å². The van der Waals surface area contributed by atoms with E-state index in [1.807, 2.05) is 36.4 Å². The molecular formula is C28H32N2O3S. The van der Waals surface area contributed by atoms with E-state index < -0.39 is 0 Å². The molecule has 0 radical (unpaired) electrons. The summed E-state index contributed by atoms with van der Waals surface area (Å²) in [7, 11) is 0. The summed E-state index contributed by atoms with van der Waals surface area (Å²) in [5.74, 6) is 1.95. The highest BCUT2D eigenvalue weighted by atomic mass is 32.1. The van der Waals surface area contributed by atoms with Gasteiger partial charge in [-0.25, -0.2) is 4.99 Å². The van der Waals surface area contributed by atoms with Gasteiger partial charge in [0.2, 0.25) is 0 Å². The Balaban J connectivity index is 1.66. The number of hydrogen-bond donors (Lipinski definition) is 1. The molecule has 6 heteroatoms. The molecule has 1 atom stereocenters. The van der Waals surface area contributed by atoms with Gasteiger partial charge in [-0.15, -0.1) is 11.3 Å². The molecule has 1 N–H and O–H groups in total. The molecular weight excluding hydrogens is 444 g/mol. The van der Waals surface area contributed by atoms with E-state index in [2.05, 4.69) is 32.7 Å². The zero-order valence-electron chi connectivity index (χ0n) is 20.1. The van der Waals surface area contributed by atoms with Crippen molar-refractivity contribution in [3.63, 3.8) is 0 Å². The summed E-state index contributed by atoms with van der Waals surface area (Å²) in [6.07, 6.45) is 8.08. The molecule has 1 aliphatic carbocycles. The predicted octanol–water partition coefficient (Wildman–Crippen LogP) is 6.74. The summed E-state index contributed by atoms with van der Waals surface area (Å²) in [6.45, 7) is 11.4. The van der Waals surface area contributed by atoms with Gasteiger partial charge in [0.1, 0.15) is 23.1 Å². The van der Waals surface area contributed by atoms with Gasteiger partial charge >= 0.3 is 0 Å². The molecule has 3 aromatic rings. The van der Waals surface area contributed by atoms with Gasteiger partial charge in [0, 0.05) is 16.7 Å². The average molecular weight is 477 g/mol. The Bertz CT molecular complexity index is 1170. The van der Waals surface area contributed by atoms with Crippen LogP contribution in [0, 0.1) is 11.3 Å². The molecule has 0 bridgehead atoms. The van der Waals surface area contributed by atoms with Gasteiger partial charge in [-0.2, -0.15) is 0 Å². The van der Waals surface area contributed by atoms with Crippen LogP contribution in [-0.4, -0.2) is 18.7 Å². The Hall–Kier alpha value is -3.12. The van der Waals surface area contributed by atoms with E-state index in [9.17, 15) is 4.79 Å². The number of fused-ring (bicyclic) bond motifs is 1. The Morgan fingerprint density at radius 3 is 2.85 bits per heavy atom. The first-order chi connectivity index (χ1) is 16.4. The van der Waals surface area contributed by atoms with Crippen molar-refractivity contribution in [3.8, 4) is 5.75 Å². The monoisotopic (exact) mass is 476 g/mol. The smallest absolute Gasteiger partial charge is 0.255 e. The molecule has 0 spiro atoms. The molecule has 1 aromatic carbocycles. The summed E-state index contributed by atoms with van der Waals surface area (Å²) in [5, 5.41) is 3.77. The van der Waals surface area contributed by atoms with Crippen LogP contribution < -0.4 is 10.1 Å². The maximum absolute atomic E-state index is 13.3. The van der Waals surface area contributed by atoms with Crippen LogP contribution in [0.5, 0.6) is 5.75 Å². The van der Waals surface area contributed by atoms with Crippen molar-refractivity contribution in [3.05, 3.63) is 82.6 Å². The zero-order chi connectivity index (χ0) is 24.1. The van der Waals surface area contributed by atoms with Crippen molar-refractivity contribution in [1.29, 1.82) is 0 Å². The van der Waals surface area contributed by atoms with Crippen LogP contribution in [0.25, 0.3) is 0 Å². The van der Waals surface area contributed by atoms with Crippen molar-refractivity contribution >= 4 is 28.5 Å². The topological polar surface area (TPSA) is 63.8 Å². The Morgan fingerprint density at radius 2 is 2.12 bits per heavy atom. The third-order valence-corrected chi connectivity index (χ3v) is 7.46. The van der Waals surface area contributed by atoms with E-state index in [1.54, 1.807) is 29.9 Å². The lowest BCUT2D eigenvalue weighted by Gasteiger charge is -2.33. The second-order valence-corrected chi connectivity index (χ2v) is 10.7. The van der Waals surface area contributed by atoms with Gasteiger partial charge in [-0.1, -0.05) is 45.6 Å². The third kappa shape index (κ3) is 5.50. The van der Waals surface area contributed by atoms with E-state index in [4.69, 9.17) is 14.1 Å². The van der Waals surface area contributed by atoms with Gasteiger partial charge in [0.05, 0.1) is 18.4 Å². The van der Waals surface area contributed by atoms with E-state index in [-0.39, 0.29) is 11.3 Å². The van der Waals surface area contributed by atoms with Crippen LogP contribution in [0.3, 0.4) is 0 Å². The average Bonchev–Trinajstić information content (AvgIpc) is 3.47. The Labute approximate surface area is 205 Å². The largest absolute Gasteiger partial charge is 0.489 e. The minimum absolute atomic E-state index is 0.105. The van der Waals surface area contributed by atoms with E-state index in [1.165, 1.54) is 4.88 Å². The molecule has 0 saturated heterocycles. The quantitative estimate of drug-likeness (QED) is 0.289. The first-order valence-electron chi connectivity index (χ1n) is 11.7. The highest BCUT2D eigenvalue weighted by Crippen LogP contribution is 2.45. The molecule has 5 nitrogen and oxygen atoms in total. The van der Waals surface area contributed by atoms with Gasteiger partial charge in [0.25, 0.3) is 5.91 Å². The Kier molecular flexibility index (Phi) is 7.37. The van der Waals surface area contributed by atoms with Crippen molar-refractivity contribution in [2.24, 2.45) is 16.3 Å². The highest BCUT2D eigenvalue weighted by Gasteiger charge is 2.33. The number of ether oxygens (including phenoxy) is 1. The van der Waals surface area contributed by atoms with Crippen molar-refractivity contribution in [2.75, 3.05) is 6.61 Å². The molecule has 2 aromatic heterocycles. The summed E-state index contributed by atoms with van der Waals surface area (Å²) < 4.78 is 11.2. The number of nitrogens with zero attached hydrogens (tertiary/aromatic N) is 1. The normalized spacial score (nSPS) is 15.8. The Morgan fingerprint density at radius 1 is 1.29 bits per heavy atom. The fraction of sp³-hybridized carbons (Fsp3) is 0.357. The number of carbonyl (C=O) groups excluding carboxylic acids is 1. The number of rotatable bonds is 8. The van der Waals surface area contributed by atoms with Crippen LogP contribution in [0.4, 0.5) is 5.00 Å². The van der Waals surface area contributed by atoms with E-state index in [0.29, 0.717) is 24.6 Å². The number of hydrogen-bond acceptors (Lipinski definition) is 5. The van der Waals surface area contributed by atoms with Crippen LogP contribution in [-0.2, 0) is 19.4 Å². The van der Waals surface area contributed by atoms with Crippen LogP contribution >= 0.6 is 11.3 Å². The number of thiophene rings is 1. The van der Waals surface area contributed by atoms with Crippen LogP contribution in [0.15, 0.2) is 64.7 Å². The molecule has 0 unspecified atom stereocenters. The summed E-state index contributed by atoms with van der Waals surface area (Å²) in [5.41, 5.74) is 2.93. The van der Waals surface area contributed by atoms with E-state index >= 15 is 0 Å². The molecule has 0 saturated carbocycles. The molecule has 0 aliphatic heterocycles. The fourth-order valence-electron chi connectivity index (χ4n) is 4.30. The molecule has 34 heavy (non-hydrogen) atoms. The maximum Gasteiger partial charge on any atom is 0.255 e. The number of furan rings is 1. The van der Waals surface area contributed by atoms with Gasteiger partial charge < -0.3 is 14.5 Å². The summed E-state index contributed by atoms with van der Waals surface area (Å²) >= 11 is 1.64.